The highest BCUT2D eigenvalue weighted by atomic mass is 35.5. The Bertz CT molecular complexity index is 646. The van der Waals surface area contributed by atoms with Gasteiger partial charge in [-0.1, -0.05) is 42.0 Å². The summed E-state index contributed by atoms with van der Waals surface area (Å²) in [7, 11) is 1.92. The zero-order valence-corrected chi connectivity index (χ0v) is 12.5. The van der Waals surface area contributed by atoms with Crippen LogP contribution in [0.25, 0.3) is 0 Å². The average molecular weight is 309 g/mol. The van der Waals surface area contributed by atoms with Crippen molar-refractivity contribution in [1.29, 1.82) is 0 Å². The molecule has 0 saturated carbocycles. The van der Waals surface area contributed by atoms with Gasteiger partial charge in [-0.3, -0.25) is 0 Å². The molecular formula is C15H14ClFN2S. The van der Waals surface area contributed by atoms with Crippen molar-refractivity contribution in [1.82, 2.24) is 0 Å². The normalized spacial score (nSPS) is 10.3. The summed E-state index contributed by atoms with van der Waals surface area (Å²) in [4.78, 5) is 2.35. The highest BCUT2D eigenvalue weighted by molar-refractivity contribution is 7.80. The lowest BCUT2D eigenvalue weighted by molar-refractivity contribution is 0.627. The highest BCUT2D eigenvalue weighted by Crippen LogP contribution is 2.22. The molecule has 2 nitrogen and oxygen atoms in total. The minimum absolute atomic E-state index is 0.124. The lowest BCUT2D eigenvalue weighted by Crippen LogP contribution is -2.21. The van der Waals surface area contributed by atoms with Crippen LogP contribution in [0.2, 0.25) is 5.02 Å². The van der Waals surface area contributed by atoms with Crippen LogP contribution in [0.4, 0.5) is 10.1 Å². The SMILES string of the molecule is CN(Cc1ccc(F)c(Cl)c1)c1ccccc1C(N)=S. The number of hydrogen-bond donors (Lipinski definition) is 1. The molecule has 0 atom stereocenters. The highest BCUT2D eigenvalue weighted by Gasteiger charge is 2.10. The van der Waals surface area contributed by atoms with Crippen molar-refractivity contribution in [3.63, 3.8) is 0 Å². The molecule has 104 valence electrons. The average Bonchev–Trinajstić information content (AvgIpc) is 2.43. The molecule has 20 heavy (non-hydrogen) atoms. The zero-order chi connectivity index (χ0) is 14.7. The van der Waals surface area contributed by atoms with Gasteiger partial charge in [-0.05, 0) is 29.8 Å². The van der Waals surface area contributed by atoms with Crippen molar-refractivity contribution in [3.8, 4) is 0 Å². The molecule has 0 radical (unpaired) electrons. The van der Waals surface area contributed by atoms with E-state index in [1.54, 1.807) is 12.1 Å². The first kappa shape index (κ1) is 14.8. The number of anilines is 1. The Morgan fingerprint density at radius 2 is 2.00 bits per heavy atom. The molecule has 5 heteroatoms. The van der Waals surface area contributed by atoms with Gasteiger partial charge in [0.15, 0.2) is 0 Å². The Balaban J connectivity index is 2.26. The Hall–Kier alpha value is -1.65. The summed E-state index contributed by atoms with van der Waals surface area (Å²) in [6.45, 7) is 0.583. The van der Waals surface area contributed by atoms with Crippen LogP contribution >= 0.6 is 23.8 Å². The van der Waals surface area contributed by atoms with E-state index >= 15 is 0 Å². The van der Waals surface area contributed by atoms with Gasteiger partial charge >= 0.3 is 0 Å². The number of benzene rings is 2. The van der Waals surface area contributed by atoms with E-state index in [0.717, 1.165) is 16.8 Å². The molecule has 2 rings (SSSR count). The number of rotatable bonds is 4. The number of nitrogens with zero attached hydrogens (tertiary/aromatic N) is 1. The van der Waals surface area contributed by atoms with Crippen LogP contribution in [-0.4, -0.2) is 12.0 Å². The molecule has 0 amide bonds. The third kappa shape index (κ3) is 3.26. The summed E-state index contributed by atoms with van der Waals surface area (Å²) in [5.74, 6) is -0.415. The maximum atomic E-state index is 13.1. The predicted octanol–water partition coefficient (Wildman–Crippen LogP) is 3.75. The van der Waals surface area contributed by atoms with Crippen molar-refractivity contribution in [2.45, 2.75) is 6.54 Å². The van der Waals surface area contributed by atoms with Crippen molar-refractivity contribution in [2.75, 3.05) is 11.9 Å². The smallest absolute Gasteiger partial charge is 0.141 e. The van der Waals surface area contributed by atoms with Crippen LogP contribution in [0.5, 0.6) is 0 Å². The molecule has 0 fully saturated rings. The number of hydrogen-bond acceptors (Lipinski definition) is 2. The monoisotopic (exact) mass is 308 g/mol. The van der Waals surface area contributed by atoms with Gasteiger partial charge in [0.25, 0.3) is 0 Å². The fourth-order valence-electron chi connectivity index (χ4n) is 2.01. The molecule has 0 spiro atoms. The fraction of sp³-hybridized carbons (Fsp3) is 0.133. The van der Waals surface area contributed by atoms with Crippen molar-refractivity contribution in [2.24, 2.45) is 5.73 Å². The maximum Gasteiger partial charge on any atom is 0.141 e. The van der Waals surface area contributed by atoms with E-state index < -0.39 is 5.82 Å². The minimum Gasteiger partial charge on any atom is -0.389 e. The molecule has 0 aliphatic carbocycles. The molecule has 2 N–H and O–H groups in total. The third-order valence-electron chi connectivity index (χ3n) is 2.98. The van der Waals surface area contributed by atoms with Crippen LogP contribution in [0.15, 0.2) is 42.5 Å². The molecule has 0 aliphatic heterocycles. The molecular weight excluding hydrogens is 295 g/mol. The predicted molar refractivity (Wildman–Crippen MR) is 85.8 cm³/mol. The molecule has 0 heterocycles. The minimum atomic E-state index is -0.415. The Morgan fingerprint density at radius 1 is 1.30 bits per heavy atom. The van der Waals surface area contributed by atoms with Crippen molar-refractivity contribution in [3.05, 3.63) is 64.4 Å². The zero-order valence-electron chi connectivity index (χ0n) is 10.9. The van der Waals surface area contributed by atoms with E-state index in [1.807, 2.05) is 36.2 Å². The fourth-order valence-corrected chi connectivity index (χ4v) is 2.39. The van der Waals surface area contributed by atoms with E-state index in [2.05, 4.69) is 0 Å². The van der Waals surface area contributed by atoms with Crippen LogP contribution in [0.1, 0.15) is 11.1 Å². The van der Waals surface area contributed by atoms with E-state index in [-0.39, 0.29) is 5.02 Å². The van der Waals surface area contributed by atoms with Crippen molar-refractivity contribution < 1.29 is 4.39 Å². The van der Waals surface area contributed by atoms with Gasteiger partial charge in [-0.15, -0.1) is 0 Å². The first-order valence-electron chi connectivity index (χ1n) is 6.03. The topological polar surface area (TPSA) is 29.3 Å². The largest absolute Gasteiger partial charge is 0.389 e. The molecule has 0 aliphatic rings. The second-order valence-corrected chi connectivity index (χ2v) is 5.33. The van der Waals surface area contributed by atoms with Crippen molar-refractivity contribution >= 4 is 34.5 Å². The van der Waals surface area contributed by atoms with Gasteiger partial charge in [0.05, 0.1) is 5.02 Å². The van der Waals surface area contributed by atoms with Gasteiger partial charge in [-0.2, -0.15) is 0 Å². The van der Waals surface area contributed by atoms with Crippen LogP contribution in [0.3, 0.4) is 0 Å². The second kappa shape index (κ2) is 6.20. The number of para-hydroxylation sites is 1. The number of thiocarbonyl (C=S) groups is 1. The summed E-state index contributed by atoms with van der Waals surface area (Å²) < 4.78 is 13.1. The van der Waals surface area contributed by atoms with E-state index in [9.17, 15) is 4.39 Å². The molecule has 2 aromatic carbocycles. The Kier molecular flexibility index (Phi) is 4.57. The number of halogens is 2. The number of nitrogens with two attached hydrogens (primary N) is 1. The van der Waals surface area contributed by atoms with E-state index in [1.165, 1.54) is 6.07 Å². The van der Waals surface area contributed by atoms with Gasteiger partial charge < -0.3 is 10.6 Å². The quantitative estimate of drug-likeness (QED) is 0.872. The van der Waals surface area contributed by atoms with Gasteiger partial charge in [0.2, 0.25) is 0 Å². The standard InChI is InChI=1S/C15H14ClFN2S/c1-19(9-10-6-7-13(17)12(16)8-10)14-5-3-2-4-11(14)15(18)20/h2-8H,9H2,1H3,(H2,18,20). The first-order chi connectivity index (χ1) is 9.49. The molecule has 0 saturated heterocycles. The lowest BCUT2D eigenvalue weighted by atomic mass is 10.1. The summed E-state index contributed by atoms with van der Waals surface area (Å²) in [6, 6.07) is 12.3. The molecule has 0 bridgehead atoms. The Labute approximate surface area is 128 Å². The van der Waals surface area contributed by atoms with Gasteiger partial charge in [0.1, 0.15) is 10.8 Å². The van der Waals surface area contributed by atoms with Crippen LogP contribution < -0.4 is 10.6 Å². The Morgan fingerprint density at radius 3 is 2.65 bits per heavy atom. The first-order valence-corrected chi connectivity index (χ1v) is 6.81. The summed E-state index contributed by atoms with van der Waals surface area (Å²) in [5.41, 5.74) is 8.39. The maximum absolute atomic E-state index is 13.1. The lowest BCUT2D eigenvalue weighted by Gasteiger charge is -2.22. The summed E-state index contributed by atoms with van der Waals surface area (Å²) >= 11 is 10.8. The van der Waals surface area contributed by atoms with Crippen LogP contribution in [-0.2, 0) is 6.54 Å². The summed E-state index contributed by atoms with van der Waals surface area (Å²) in [5, 5.41) is 0.124. The van der Waals surface area contributed by atoms with Crippen LogP contribution in [0, 0.1) is 5.82 Å². The molecule has 2 aromatic rings. The van der Waals surface area contributed by atoms with E-state index in [0.29, 0.717) is 11.5 Å². The molecule has 0 unspecified atom stereocenters. The third-order valence-corrected chi connectivity index (χ3v) is 3.49. The summed E-state index contributed by atoms with van der Waals surface area (Å²) in [6.07, 6.45) is 0. The van der Waals surface area contributed by atoms with Gasteiger partial charge in [-0.25, -0.2) is 4.39 Å². The molecule has 0 aromatic heterocycles. The van der Waals surface area contributed by atoms with E-state index in [4.69, 9.17) is 29.6 Å². The second-order valence-electron chi connectivity index (χ2n) is 4.49. The van der Waals surface area contributed by atoms with Gasteiger partial charge in [0, 0.05) is 24.8 Å².